The van der Waals surface area contributed by atoms with E-state index < -0.39 is 59.4 Å². The molecule has 3 rings (SSSR count). The third kappa shape index (κ3) is 7.85. The van der Waals surface area contributed by atoms with E-state index in [0.29, 0.717) is 17.7 Å². The van der Waals surface area contributed by atoms with Crippen LogP contribution in [0.4, 0.5) is 31.1 Å². The quantitative estimate of drug-likeness (QED) is 0.264. The molecule has 5 nitrogen and oxygen atoms in total. The number of carbonyl (C=O) groups excluding carboxylic acids is 2. The number of ether oxygens (including phenoxy) is 2. The highest BCUT2D eigenvalue weighted by Gasteiger charge is 2.37. The number of nitrogens with one attached hydrogen (secondary N) is 1. The highest BCUT2D eigenvalue weighted by molar-refractivity contribution is 7.17. The number of alkyl halides is 6. The molecule has 0 saturated heterocycles. The fraction of sp³-hybridized carbons (Fsp3) is 0.360. The summed E-state index contributed by atoms with van der Waals surface area (Å²) in [5.41, 5.74) is -3.76. The molecule has 0 aliphatic heterocycles. The molecule has 0 saturated carbocycles. The highest BCUT2D eigenvalue weighted by Crippen LogP contribution is 2.36. The monoisotopic (exact) mass is 547 g/mol. The van der Waals surface area contributed by atoms with Crippen LogP contribution in [0.2, 0.25) is 0 Å². The zero-order valence-corrected chi connectivity index (χ0v) is 20.7. The summed E-state index contributed by atoms with van der Waals surface area (Å²) in [4.78, 5) is 25.3. The van der Waals surface area contributed by atoms with Crippen LogP contribution in [0.5, 0.6) is 0 Å². The summed E-state index contributed by atoms with van der Waals surface area (Å²) in [6.45, 7) is 3.96. The molecule has 12 heteroatoms. The van der Waals surface area contributed by atoms with Crippen molar-refractivity contribution in [3.05, 3.63) is 70.1 Å². The molecule has 0 fully saturated rings. The first-order chi connectivity index (χ1) is 17.0. The van der Waals surface area contributed by atoms with E-state index in [2.05, 4.69) is 5.32 Å². The van der Waals surface area contributed by atoms with E-state index >= 15 is 0 Å². The van der Waals surface area contributed by atoms with Crippen LogP contribution in [0, 0.1) is 0 Å². The van der Waals surface area contributed by atoms with Crippen molar-refractivity contribution >= 4 is 33.5 Å². The molecular weight excluding hydrogens is 524 g/mol. The standard InChI is InChI=1S/C25H23F6NO4S/c1-23(2,3)36-22(34)32-19(10-15-13-37-20-7-5-4-6-18(15)20)21(33)35-12-14-8-16(24(26,27)28)11-17(9-14)25(29,30)31/h4-9,11,13,19H,10,12H2,1-3H3,(H,32,34). The lowest BCUT2D eigenvalue weighted by Gasteiger charge is -2.23. The average molecular weight is 548 g/mol. The van der Waals surface area contributed by atoms with Crippen molar-refractivity contribution in [3.63, 3.8) is 0 Å². The van der Waals surface area contributed by atoms with Gasteiger partial charge in [0.15, 0.2) is 0 Å². The molecule has 200 valence electrons. The Morgan fingerprint density at radius 1 is 0.946 bits per heavy atom. The fourth-order valence-corrected chi connectivity index (χ4v) is 4.39. The summed E-state index contributed by atoms with van der Waals surface area (Å²) < 4.78 is 90.1. The molecule has 1 unspecified atom stereocenters. The van der Waals surface area contributed by atoms with Crippen LogP contribution in [-0.2, 0) is 39.6 Å². The molecule has 0 spiro atoms. The second-order valence-corrected chi connectivity index (χ2v) is 10.1. The van der Waals surface area contributed by atoms with Gasteiger partial charge in [0, 0.05) is 11.1 Å². The van der Waals surface area contributed by atoms with E-state index in [9.17, 15) is 35.9 Å². The molecule has 3 aromatic rings. The summed E-state index contributed by atoms with van der Waals surface area (Å²) in [6.07, 6.45) is -11.1. The number of rotatable bonds is 6. The predicted molar refractivity (Wildman–Crippen MR) is 125 cm³/mol. The molecule has 0 bridgehead atoms. The van der Waals surface area contributed by atoms with E-state index in [-0.39, 0.29) is 12.5 Å². The molecule has 0 radical (unpaired) electrons. The number of thiophene rings is 1. The van der Waals surface area contributed by atoms with E-state index in [4.69, 9.17) is 9.47 Å². The van der Waals surface area contributed by atoms with Crippen molar-refractivity contribution in [2.75, 3.05) is 0 Å². The normalized spacial score (nSPS) is 13.3. The molecule has 2 aromatic carbocycles. The molecule has 1 N–H and O–H groups in total. The summed E-state index contributed by atoms with van der Waals surface area (Å²) in [5.74, 6) is -1.05. The number of hydrogen-bond acceptors (Lipinski definition) is 5. The maximum absolute atomic E-state index is 13.1. The lowest BCUT2D eigenvalue weighted by atomic mass is 10.0. The maximum Gasteiger partial charge on any atom is 0.416 e. The molecule has 1 atom stereocenters. The number of halogens is 6. The average Bonchev–Trinajstić information content (AvgIpc) is 3.17. The first kappa shape index (κ1) is 28.3. The molecule has 0 aliphatic carbocycles. The number of fused-ring (bicyclic) bond motifs is 1. The third-order valence-corrected chi connectivity index (χ3v) is 6.00. The Balaban J connectivity index is 1.84. The minimum atomic E-state index is -5.04. The van der Waals surface area contributed by atoms with Gasteiger partial charge in [0.2, 0.25) is 0 Å². The zero-order valence-electron chi connectivity index (χ0n) is 19.9. The van der Waals surface area contributed by atoms with Gasteiger partial charge in [-0.15, -0.1) is 11.3 Å². The van der Waals surface area contributed by atoms with E-state index in [0.717, 1.165) is 10.1 Å². The van der Waals surface area contributed by atoms with Gasteiger partial charge in [-0.25, -0.2) is 9.59 Å². The van der Waals surface area contributed by atoms with Gasteiger partial charge in [-0.3, -0.25) is 0 Å². The molecular formula is C25H23F6NO4S. The Labute approximate surface area is 212 Å². The van der Waals surface area contributed by atoms with E-state index in [1.54, 1.807) is 32.2 Å². The van der Waals surface area contributed by atoms with Crippen LogP contribution in [0.1, 0.15) is 43.0 Å². The lowest BCUT2D eigenvalue weighted by Crippen LogP contribution is -2.45. The van der Waals surface area contributed by atoms with E-state index in [1.807, 2.05) is 18.2 Å². The van der Waals surface area contributed by atoms with Gasteiger partial charge in [0.05, 0.1) is 11.1 Å². The zero-order chi connectivity index (χ0) is 27.6. The van der Waals surface area contributed by atoms with Gasteiger partial charge in [0.25, 0.3) is 0 Å². The Bertz CT molecular complexity index is 1240. The van der Waals surface area contributed by atoms with Crippen molar-refractivity contribution in [2.45, 2.75) is 57.8 Å². The minimum Gasteiger partial charge on any atom is -0.459 e. The van der Waals surface area contributed by atoms with Crippen LogP contribution in [0.3, 0.4) is 0 Å². The first-order valence-corrected chi connectivity index (χ1v) is 11.8. The predicted octanol–water partition coefficient (Wildman–Crippen LogP) is 7.12. The number of hydrogen-bond donors (Lipinski definition) is 1. The summed E-state index contributed by atoms with van der Waals surface area (Å²) in [7, 11) is 0. The van der Waals surface area contributed by atoms with Gasteiger partial charge >= 0.3 is 24.4 Å². The van der Waals surface area contributed by atoms with Gasteiger partial charge in [0.1, 0.15) is 18.2 Å². The third-order valence-electron chi connectivity index (χ3n) is 4.99. The Morgan fingerprint density at radius 3 is 2.11 bits per heavy atom. The highest BCUT2D eigenvalue weighted by atomic mass is 32.1. The van der Waals surface area contributed by atoms with Crippen molar-refractivity contribution in [3.8, 4) is 0 Å². The van der Waals surface area contributed by atoms with Gasteiger partial charge in [-0.1, -0.05) is 18.2 Å². The van der Waals surface area contributed by atoms with Crippen LogP contribution < -0.4 is 5.32 Å². The second kappa shape index (κ2) is 10.6. The van der Waals surface area contributed by atoms with Gasteiger partial charge < -0.3 is 14.8 Å². The van der Waals surface area contributed by atoms with Gasteiger partial charge in [-0.2, -0.15) is 26.3 Å². The largest absolute Gasteiger partial charge is 0.459 e. The number of benzene rings is 2. The molecule has 1 amide bonds. The first-order valence-electron chi connectivity index (χ1n) is 10.9. The summed E-state index contributed by atoms with van der Waals surface area (Å²) in [5, 5.41) is 5.00. The van der Waals surface area contributed by atoms with Gasteiger partial charge in [-0.05, 0) is 66.9 Å². The maximum atomic E-state index is 13.1. The van der Waals surface area contributed by atoms with Crippen molar-refractivity contribution in [2.24, 2.45) is 0 Å². The lowest BCUT2D eigenvalue weighted by molar-refractivity contribution is -0.147. The molecule has 37 heavy (non-hydrogen) atoms. The van der Waals surface area contributed by atoms with E-state index in [1.165, 1.54) is 11.3 Å². The van der Waals surface area contributed by atoms with Crippen LogP contribution in [0.25, 0.3) is 10.1 Å². The Hall–Kier alpha value is -3.28. The van der Waals surface area contributed by atoms with Crippen molar-refractivity contribution in [1.82, 2.24) is 5.32 Å². The summed E-state index contributed by atoms with van der Waals surface area (Å²) in [6, 6.07) is 6.93. The minimum absolute atomic E-state index is 0.0140. The fourth-order valence-electron chi connectivity index (χ4n) is 3.41. The van der Waals surface area contributed by atoms with Crippen molar-refractivity contribution in [1.29, 1.82) is 0 Å². The summed E-state index contributed by atoms with van der Waals surface area (Å²) >= 11 is 1.41. The Kier molecular flexibility index (Phi) is 8.11. The molecule has 0 aliphatic rings. The van der Waals surface area contributed by atoms with Crippen LogP contribution in [-0.4, -0.2) is 23.7 Å². The number of esters is 1. The van der Waals surface area contributed by atoms with Crippen molar-refractivity contribution < 1.29 is 45.4 Å². The number of alkyl carbamates (subject to hydrolysis) is 1. The van der Waals surface area contributed by atoms with Crippen LogP contribution >= 0.6 is 11.3 Å². The smallest absolute Gasteiger partial charge is 0.416 e. The number of carbonyl (C=O) groups is 2. The van der Waals surface area contributed by atoms with Crippen LogP contribution in [0.15, 0.2) is 47.8 Å². The number of amides is 1. The molecule has 1 aromatic heterocycles. The SMILES string of the molecule is CC(C)(C)OC(=O)NC(Cc1csc2ccccc12)C(=O)OCc1cc(C(F)(F)F)cc(C(F)(F)F)c1. The second-order valence-electron chi connectivity index (χ2n) is 9.18. The molecule has 1 heterocycles. The Morgan fingerprint density at radius 2 is 1.54 bits per heavy atom. The topological polar surface area (TPSA) is 64.6 Å².